The Morgan fingerprint density at radius 3 is 2.63 bits per heavy atom. The molecular weight excluding hydrogens is 284 g/mol. The van der Waals surface area contributed by atoms with Crippen molar-refractivity contribution in [1.29, 1.82) is 5.26 Å². The number of halogens is 1. The molecule has 4 nitrogen and oxygen atoms in total. The van der Waals surface area contributed by atoms with Crippen LogP contribution in [-0.4, -0.2) is 25.3 Å². The zero-order valence-corrected chi connectivity index (χ0v) is 12.6. The van der Waals surface area contributed by atoms with Crippen molar-refractivity contribution in [3.8, 4) is 6.07 Å². The fourth-order valence-electron chi connectivity index (χ4n) is 1.74. The summed E-state index contributed by atoms with van der Waals surface area (Å²) in [5.41, 5.74) is 0.756. The van der Waals surface area contributed by atoms with E-state index in [-0.39, 0.29) is 29.8 Å². The van der Waals surface area contributed by atoms with Crippen LogP contribution in [0.5, 0.6) is 0 Å². The molecule has 6 heteroatoms. The highest BCUT2D eigenvalue weighted by molar-refractivity contribution is 7.89. The second-order valence-electron chi connectivity index (χ2n) is 4.40. The van der Waals surface area contributed by atoms with E-state index in [4.69, 9.17) is 16.9 Å². The minimum Gasteiger partial charge on any atom is -0.207 e. The van der Waals surface area contributed by atoms with Gasteiger partial charge in [-0.05, 0) is 31.5 Å². The van der Waals surface area contributed by atoms with E-state index >= 15 is 0 Å². The predicted octanol–water partition coefficient (Wildman–Crippen LogP) is 2.74. The van der Waals surface area contributed by atoms with Crippen molar-refractivity contribution < 1.29 is 8.42 Å². The minimum absolute atomic E-state index is 0.173. The molecule has 104 valence electrons. The minimum atomic E-state index is -3.58. The van der Waals surface area contributed by atoms with Gasteiger partial charge in [-0.1, -0.05) is 12.1 Å². The summed E-state index contributed by atoms with van der Waals surface area (Å²) < 4.78 is 26.4. The average molecular weight is 301 g/mol. The second kappa shape index (κ2) is 6.90. The first-order chi connectivity index (χ1) is 8.93. The predicted molar refractivity (Wildman–Crippen MR) is 75.3 cm³/mol. The summed E-state index contributed by atoms with van der Waals surface area (Å²) in [6.45, 7) is 3.78. The standard InChI is InChI=1S/C13H17ClN2O2S/c1-11(2)16(8-4-7-15)19(17,18)13-6-3-5-12(9-13)10-14/h3,5-6,9,11H,4,8,10H2,1-2H3. The average Bonchev–Trinajstić information content (AvgIpc) is 2.38. The molecule has 0 saturated carbocycles. The quantitative estimate of drug-likeness (QED) is 0.759. The monoisotopic (exact) mass is 300 g/mol. The molecule has 0 unspecified atom stereocenters. The number of nitrogens with zero attached hydrogens (tertiary/aromatic N) is 2. The van der Waals surface area contributed by atoms with E-state index in [1.54, 1.807) is 38.1 Å². The topological polar surface area (TPSA) is 61.2 Å². The third-order valence-corrected chi connectivity index (χ3v) is 5.06. The highest BCUT2D eigenvalue weighted by Gasteiger charge is 2.26. The van der Waals surface area contributed by atoms with Gasteiger partial charge in [0.25, 0.3) is 0 Å². The molecule has 1 aromatic rings. The Balaban J connectivity index is 3.15. The fourth-order valence-corrected chi connectivity index (χ4v) is 3.62. The Labute approximate surface area is 119 Å². The van der Waals surface area contributed by atoms with Crippen molar-refractivity contribution in [2.24, 2.45) is 0 Å². The Kier molecular flexibility index (Phi) is 5.80. The van der Waals surface area contributed by atoms with E-state index in [1.807, 2.05) is 6.07 Å². The van der Waals surface area contributed by atoms with Crippen molar-refractivity contribution in [3.63, 3.8) is 0 Å². The van der Waals surface area contributed by atoms with E-state index in [0.717, 1.165) is 5.56 Å². The van der Waals surface area contributed by atoms with Crippen LogP contribution in [0.1, 0.15) is 25.8 Å². The van der Waals surface area contributed by atoms with Gasteiger partial charge in [0, 0.05) is 24.9 Å². The molecular formula is C13H17ClN2O2S. The van der Waals surface area contributed by atoms with Crippen molar-refractivity contribution in [2.45, 2.75) is 37.1 Å². The summed E-state index contributed by atoms with van der Waals surface area (Å²) in [4.78, 5) is 0.220. The maximum atomic E-state index is 12.5. The van der Waals surface area contributed by atoms with Crippen molar-refractivity contribution >= 4 is 21.6 Å². The van der Waals surface area contributed by atoms with E-state index in [9.17, 15) is 8.42 Å². The number of rotatable bonds is 6. The van der Waals surface area contributed by atoms with E-state index in [1.165, 1.54) is 4.31 Å². The van der Waals surface area contributed by atoms with Gasteiger partial charge in [0.15, 0.2) is 0 Å². The number of sulfonamides is 1. The lowest BCUT2D eigenvalue weighted by Crippen LogP contribution is -2.37. The van der Waals surface area contributed by atoms with Gasteiger partial charge >= 0.3 is 0 Å². The molecule has 0 spiro atoms. The van der Waals surface area contributed by atoms with Gasteiger partial charge in [0.1, 0.15) is 0 Å². The third-order valence-electron chi connectivity index (χ3n) is 2.68. The SMILES string of the molecule is CC(C)N(CCC#N)S(=O)(=O)c1cccc(CCl)c1. The Bertz CT molecular complexity index is 564. The van der Waals surface area contributed by atoms with Gasteiger partial charge in [-0.15, -0.1) is 11.6 Å². The molecule has 0 saturated heterocycles. The molecule has 0 aliphatic heterocycles. The molecule has 0 radical (unpaired) electrons. The Hall–Kier alpha value is -1.09. The van der Waals surface area contributed by atoms with Gasteiger partial charge in [0.05, 0.1) is 11.0 Å². The molecule has 0 aromatic heterocycles. The van der Waals surface area contributed by atoms with Crippen LogP contribution in [0.25, 0.3) is 0 Å². The van der Waals surface area contributed by atoms with E-state index in [2.05, 4.69) is 0 Å². The normalized spacial score (nSPS) is 11.8. The molecule has 0 aliphatic rings. The van der Waals surface area contributed by atoms with E-state index in [0.29, 0.717) is 0 Å². The molecule has 0 amide bonds. The van der Waals surface area contributed by atoms with Crippen LogP contribution in [-0.2, 0) is 15.9 Å². The van der Waals surface area contributed by atoms with Crippen molar-refractivity contribution in [3.05, 3.63) is 29.8 Å². The van der Waals surface area contributed by atoms with E-state index < -0.39 is 10.0 Å². The molecule has 0 atom stereocenters. The fraction of sp³-hybridized carbons (Fsp3) is 0.462. The van der Waals surface area contributed by atoms with Crippen LogP contribution in [0, 0.1) is 11.3 Å². The maximum Gasteiger partial charge on any atom is 0.243 e. The molecule has 0 N–H and O–H groups in total. The summed E-state index contributed by atoms with van der Waals surface area (Å²) in [6.07, 6.45) is 0.173. The molecule has 0 fully saturated rings. The molecule has 0 bridgehead atoms. The number of alkyl halides is 1. The van der Waals surface area contributed by atoms with Gasteiger partial charge in [0.2, 0.25) is 10.0 Å². The first-order valence-electron chi connectivity index (χ1n) is 5.97. The summed E-state index contributed by atoms with van der Waals surface area (Å²) in [7, 11) is -3.58. The Morgan fingerprint density at radius 1 is 1.42 bits per heavy atom. The number of hydrogen-bond donors (Lipinski definition) is 0. The van der Waals surface area contributed by atoms with Gasteiger partial charge in [-0.25, -0.2) is 8.42 Å². The Morgan fingerprint density at radius 2 is 2.11 bits per heavy atom. The molecule has 1 aromatic carbocycles. The zero-order valence-electron chi connectivity index (χ0n) is 11.0. The van der Waals surface area contributed by atoms with Crippen LogP contribution < -0.4 is 0 Å². The lowest BCUT2D eigenvalue weighted by atomic mass is 10.2. The van der Waals surface area contributed by atoms with Crippen LogP contribution in [0.4, 0.5) is 0 Å². The van der Waals surface area contributed by atoms with Crippen molar-refractivity contribution in [1.82, 2.24) is 4.31 Å². The third kappa shape index (κ3) is 3.93. The first-order valence-corrected chi connectivity index (χ1v) is 7.94. The number of hydrogen-bond acceptors (Lipinski definition) is 3. The molecule has 0 heterocycles. The zero-order chi connectivity index (χ0) is 14.5. The van der Waals surface area contributed by atoms with Gasteiger partial charge in [-0.3, -0.25) is 0 Å². The summed E-state index contributed by atoms with van der Waals surface area (Å²) in [5, 5.41) is 8.63. The highest BCUT2D eigenvalue weighted by Crippen LogP contribution is 2.20. The highest BCUT2D eigenvalue weighted by atomic mass is 35.5. The molecule has 0 aliphatic carbocycles. The van der Waals surface area contributed by atoms with Crippen LogP contribution >= 0.6 is 11.6 Å². The van der Waals surface area contributed by atoms with Crippen molar-refractivity contribution in [2.75, 3.05) is 6.54 Å². The number of benzene rings is 1. The first kappa shape index (κ1) is 16.0. The lowest BCUT2D eigenvalue weighted by Gasteiger charge is -2.25. The lowest BCUT2D eigenvalue weighted by molar-refractivity contribution is 0.360. The smallest absolute Gasteiger partial charge is 0.207 e. The number of nitriles is 1. The molecule has 19 heavy (non-hydrogen) atoms. The summed E-state index contributed by atoms with van der Waals surface area (Å²) in [5.74, 6) is 0.267. The largest absolute Gasteiger partial charge is 0.243 e. The maximum absolute atomic E-state index is 12.5. The van der Waals surface area contributed by atoms with Crippen LogP contribution in [0.15, 0.2) is 29.2 Å². The summed E-state index contributed by atoms with van der Waals surface area (Å²) in [6, 6.07) is 8.35. The summed E-state index contributed by atoms with van der Waals surface area (Å²) >= 11 is 5.72. The van der Waals surface area contributed by atoms with Crippen LogP contribution in [0.2, 0.25) is 0 Å². The van der Waals surface area contributed by atoms with Crippen LogP contribution in [0.3, 0.4) is 0 Å². The molecule has 1 rings (SSSR count). The van der Waals surface area contributed by atoms with Gasteiger partial charge < -0.3 is 0 Å². The van der Waals surface area contributed by atoms with Gasteiger partial charge in [-0.2, -0.15) is 9.57 Å². The second-order valence-corrected chi connectivity index (χ2v) is 6.56.